The van der Waals surface area contributed by atoms with Gasteiger partial charge in [-0.05, 0) is 19.1 Å². The van der Waals surface area contributed by atoms with Gasteiger partial charge in [-0.3, -0.25) is 4.79 Å². The van der Waals surface area contributed by atoms with Crippen LogP contribution in [0, 0.1) is 5.82 Å². The van der Waals surface area contributed by atoms with Gasteiger partial charge in [0.15, 0.2) is 0 Å². The van der Waals surface area contributed by atoms with Gasteiger partial charge >= 0.3 is 6.18 Å². The Morgan fingerprint density at radius 1 is 1.42 bits per heavy atom. The van der Waals surface area contributed by atoms with Crippen LogP contribution in [0.4, 0.5) is 17.6 Å². The summed E-state index contributed by atoms with van der Waals surface area (Å²) in [7, 11) is 0. The van der Waals surface area contributed by atoms with E-state index in [0.717, 1.165) is 12.1 Å². The van der Waals surface area contributed by atoms with E-state index in [1.165, 1.54) is 6.92 Å². The highest BCUT2D eigenvalue weighted by Crippen LogP contribution is 2.32. The van der Waals surface area contributed by atoms with Gasteiger partial charge < -0.3 is 11.1 Å². The van der Waals surface area contributed by atoms with E-state index < -0.39 is 35.1 Å². The summed E-state index contributed by atoms with van der Waals surface area (Å²) >= 11 is 4.59. The standard InChI is InChI=1S/C11H10F4N2OS/c1-5(9(16)19)17-10(18)6-3-2-4-7(8(6)12)11(13,14)15/h2-5H,1H3,(H2,16,19)(H,17,18). The van der Waals surface area contributed by atoms with Crippen LogP contribution in [0.25, 0.3) is 0 Å². The first-order valence-electron chi connectivity index (χ1n) is 5.10. The number of rotatable bonds is 3. The third-order valence-electron chi connectivity index (χ3n) is 2.32. The highest BCUT2D eigenvalue weighted by molar-refractivity contribution is 7.80. The molecule has 19 heavy (non-hydrogen) atoms. The highest BCUT2D eigenvalue weighted by Gasteiger charge is 2.35. The molecule has 0 saturated heterocycles. The van der Waals surface area contributed by atoms with Crippen LogP contribution in [0.5, 0.6) is 0 Å². The zero-order valence-electron chi connectivity index (χ0n) is 9.72. The fraction of sp³-hybridized carbons (Fsp3) is 0.273. The smallest absolute Gasteiger partial charge is 0.392 e. The van der Waals surface area contributed by atoms with E-state index in [1.54, 1.807) is 0 Å². The molecule has 0 aliphatic rings. The van der Waals surface area contributed by atoms with E-state index in [2.05, 4.69) is 17.5 Å². The van der Waals surface area contributed by atoms with E-state index in [1.807, 2.05) is 0 Å². The van der Waals surface area contributed by atoms with Gasteiger partial charge in [0.1, 0.15) is 5.82 Å². The molecule has 0 radical (unpaired) electrons. The van der Waals surface area contributed by atoms with Gasteiger partial charge in [-0.25, -0.2) is 4.39 Å². The zero-order chi connectivity index (χ0) is 14.8. The fourth-order valence-electron chi connectivity index (χ4n) is 1.27. The molecule has 1 rings (SSSR count). The van der Waals surface area contributed by atoms with Crippen LogP contribution in [0.2, 0.25) is 0 Å². The largest absolute Gasteiger partial charge is 0.419 e. The number of benzene rings is 1. The van der Waals surface area contributed by atoms with Crippen molar-refractivity contribution in [3.8, 4) is 0 Å². The first-order valence-corrected chi connectivity index (χ1v) is 5.51. The van der Waals surface area contributed by atoms with Crippen LogP contribution >= 0.6 is 12.2 Å². The van der Waals surface area contributed by atoms with Crippen LogP contribution in [0.15, 0.2) is 18.2 Å². The summed E-state index contributed by atoms with van der Waals surface area (Å²) in [6.07, 6.45) is -4.87. The van der Waals surface area contributed by atoms with Crippen molar-refractivity contribution < 1.29 is 22.4 Å². The molecule has 0 aliphatic heterocycles. The SMILES string of the molecule is CC(NC(=O)c1cccc(C(F)(F)F)c1F)C(N)=S. The Hall–Kier alpha value is -1.70. The summed E-state index contributed by atoms with van der Waals surface area (Å²) in [6, 6.07) is 1.71. The Balaban J connectivity index is 3.09. The second kappa shape index (κ2) is 5.52. The second-order valence-corrected chi connectivity index (χ2v) is 4.23. The number of nitrogens with one attached hydrogen (secondary N) is 1. The summed E-state index contributed by atoms with van der Waals surface area (Å²) in [4.78, 5) is 11.6. The zero-order valence-corrected chi connectivity index (χ0v) is 10.5. The summed E-state index contributed by atoms with van der Waals surface area (Å²) in [5.74, 6) is -2.63. The van der Waals surface area contributed by atoms with Crippen molar-refractivity contribution in [3.63, 3.8) is 0 Å². The molecule has 0 saturated carbocycles. The Morgan fingerprint density at radius 3 is 2.47 bits per heavy atom. The van der Waals surface area contributed by atoms with E-state index >= 15 is 0 Å². The molecule has 1 aromatic rings. The highest BCUT2D eigenvalue weighted by atomic mass is 32.1. The molecule has 0 aromatic heterocycles. The number of hydrogen-bond donors (Lipinski definition) is 2. The summed E-state index contributed by atoms with van der Waals surface area (Å²) in [5, 5.41) is 2.20. The van der Waals surface area contributed by atoms with Crippen molar-refractivity contribution in [2.24, 2.45) is 5.73 Å². The van der Waals surface area contributed by atoms with Gasteiger partial charge in [-0.1, -0.05) is 18.3 Å². The number of hydrogen-bond acceptors (Lipinski definition) is 2. The maximum atomic E-state index is 13.6. The maximum Gasteiger partial charge on any atom is 0.419 e. The third-order valence-corrected chi connectivity index (χ3v) is 2.68. The molecule has 0 aliphatic carbocycles. The van der Waals surface area contributed by atoms with E-state index in [0.29, 0.717) is 6.07 Å². The Morgan fingerprint density at radius 2 is 2.00 bits per heavy atom. The van der Waals surface area contributed by atoms with Crippen molar-refractivity contribution in [3.05, 3.63) is 35.1 Å². The number of carbonyl (C=O) groups excluding carboxylic acids is 1. The van der Waals surface area contributed by atoms with Gasteiger partial charge in [0.2, 0.25) is 0 Å². The van der Waals surface area contributed by atoms with Crippen LogP contribution in [-0.2, 0) is 6.18 Å². The molecule has 1 aromatic carbocycles. The molecular weight excluding hydrogens is 284 g/mol. The number of thiocarbonyl (C=S) groups is 1. The average molecular weight is 294 g/mol. The molecule has 0 fully saturated rings. The molecule has 8 heteroatoms. The average Bonchev–Trinajstić information content (AvgIpc) is 2.27. The van der Waals surface area contributed by atoms with Gasteiger partial charge in [-0.2, -0.15) is 13.2 Å². The lowest BCUT2D eigenvalue weighted by molar-refractivity contribution is -0.140. The second-order valence-electron chi connectivity index (χ2n) is 3.76. The number of nitrogens with two attached hydrogens (primary N) is 1. The minimum atomic E-state index is -4.87. The van der Waals surface area contributed by atoms with Crippen LogP contribution in [0.1, 0.15) is 22.8 Å². The topological polar surface area (TPSA) is 55.1 Å². The molecule has 104 valence electrons. The lowest BCUT2D eigenvalue weighted by Gasteiger charge is -2.14. The van der Waals surface area contributed by atoms with Crippen molar-refractivity contribution in [1.29, 1.82) is 0 Å². The van der Waals surface area contributed by atoms with E-state index in [9.17, 15) is 22.4 Å². The van der Waals surface area contributed by atoms with Crippen molar-refractivity contribution >= 4 is 23.1 Å². The third kappa shape index (κ3) is 3.63. The van der Waals surface area contributed by atoms with Gasteiger partial charge in [0.05, 0.1) is 22.2 Å². The lowest BCUT2D eigenvalue weighted by Crippen LogP contribution is -2.41. The molecule has 0 heterocycles. The first kappa shape index (κ1) is 15.4. The Kier molecular flexibility index (Phi) is 4.46. The summed E-state index contributed by atoms with van der Waals surface area (Å²) in [5.41, 5.74) is 3.04. The van der Waals surface area contributed by atoms with Gasteiger partial charge in [0, 0.05) is 0 Å². The van der Waals surface area contributed by atoms with Crippen molar-refractivity contribution in [1.82, 2.24) is 5.32 Å². The first-order chi connectivity index (χ1) is 8.64. The molecule has 3 nitrogen and oxygen atoms in total. The molecule has 1 atom stereocenters. The minimum Gasteiger partial charge on any atom is -0.392 e. The molecule has 3 N–H and O–H groups in total. The Labute approximate surface area is 111 Å². The quantitative estimate of drug-likeness (QED) is 0.664. The molecule has 1 amide bonds. The number of alkyl halides is 3. The molecular formula is C11H10F4N2OS. The molecule has 0 spiro atoms. The normalized spacial score (nSPS) is 12.9. The summed E-state index contributed by atoms with van der Waals surface area (Å²) < 4.78 is 51.0. The van der Waals surface area contributed by atoms with Crippen LogP contribution in [-0.4, -0.2) is 16.9 Å². The van der Waals surface area contributed by atoms with Crippen molar-refractivity contribution in [2.75, 3.05) is 0 Å². The van der Waals surface area contributed by atoms with Crippen molar-refractivity contribution in [2.45, 2.75) is 19.1 Å². The lowest BCUT2D eigenvalue weighted by atomic mass is 10.1. The molecule has 0 bridgehead atoms. The predicted molar refractivity (Wildman–Crippen MR) is 65.1 cm³/mol. The van der Waals surface area contributed by atoms with Gasteiger partial charge in [0.25, 0.3) is 5.91 Å². The monoisotopic (exact) mass is 294 g/mol. The maximum absolute atomic E-state index is 13.6. The number of halogens is 4. The number of carbonyl (C=O) groups is 1. The van der Waals surface area contributed by atoms with Crippen LogP contribution < -0.4 is 11.1 Å². The molecule has 1 unspecified atom stereocenters. The number of amides is 1. The van der Waals surface area contributed by atoms with E-state index in [-0.39, 0.29) is 4.99 Å². The minimum absolute atomic E-state index is 0.0549. The fourth-order valence-corrected chi connectivity index (χ4v) is 1.33. The van der Waals surface area contributed by atoms with Gasteiger partial charge in [-0.15, -0.1) is 0 Å². The summed E-state index contributed by atoms with van der Waals surface area (Å²) in [6.45, 7) is 1.44. The predicted octanol–water partition coefficient (Wildman–Crippen LogP) is 2.25. The van der Waals surface area contributed by atoms with E-state index in [4.69, 9.17) is 5.73 Å². The van der Waals surface area contributed by atoms with Crippen LogP contribution in [0.3, 0.4) is 0 Å². The Bertz CT molecular complexity index is 516.